The quantitative estimate of drug-likeness (QED) is 0.479. The van der Waals surface area contributed by atoms with Gasteiger partial charge in [-0.05, 0) is 20.3 Å². The van der Waals surface area contributed by atoms with Gasteiger partial charge in [0.05, 0.1) is 0 Å². The monoisotopic (exact) mass is 110 g/mol. The van der Waals surface area contributed by atoms with Crippen molar-refractivity contribution in [2.75, 3.05) is 0 Å². The lowest BCUT2D eigenvalue weighted by atomic mass is 10.2. The predicted octanol–water partition coefficient (Wildman–Crippen LogP) is 2.92. The summed E-state index contributed by atoms with van der Waals surface area (Å²) in [7, 11) is 0. The third-order valence-electron chi connectivity index (χ3n) is 1.07. The minimum absolute atomic E-state index is 1.13. The molecule has 0 heteroatoms. The molecule has 8 heavy (non-hydrogen) atoms. The van der Waals surface area contributed by atoms with Gasteiger partial charge in [0.15, 0.2) is 0 Å². The Balaban J connectivity index is 3.53. The third-order valence-corrected chi connectivity index (χ3v) is 1.07. The van der Waals surface area contributed by atoms with E-state index in [1.807, 2.05) is 0 Å². The Labute approximate surface area is 51.9 Å². The zero-order chi connectivity index (χ0) is 6.41. The van der Waals surface area contributed by atoms with Crippen molar-refractivity contribution in [3.63, 3.8) is 0 Å². The summed E-state index contributed by atoms with van der Waals surface area (Å²) in [5.74, 6) is 0. The average molecular weight is 110 g/mol. The van der Waals surface area contributed by atoms with Crippen LogP contribution in [0.3, 0.4) is 0 Å². The second-order valence-corrected chi connectivity index (χ2v) is 1.84. The van der Waals surface area contributed by atoms with Crippen LogP contribution in [0.2, 0.25) is 0 Å². The first-order chi connectivity index (χ1) is 3.81. The summed E-state index contributed by atoms with van der Waals surface area (Å²) in [4.78, 5) is 0. The van der Waals surface area contributed by atoms with E-state index in [-0.39, 0.29) is 0 Å². The molecule has 0 rings (SSSR count). The number of hydrogen-bond donors (Lipinski definition) is 0. The summed E-state index contributed by atoms with van der Waals surface area (Å²) >= 11 is 0. The van der Waals surface area contributed by atoms with Gasteiger partial charge < -0.3 is 0 Å². The van der Waals surface area contributed by atoms with Crippen LogP contribution in [-0.2, 0) is 0 Å². The zero-order valence-electron chi connectivity index (χ0n) is 5.94. The van der Waals surface area contributed by atoms with Crippen LogP contribution < -0.4 is 0 Å². The van der Waals surface area contributed by atoms with Crippen molar-refractivity contribution in [2.45, 2.75) is 27.2 Å². The Morgan fingerprint density at radius 1 is 1.50 bits per heavy atom. The van der Waals surface area contributed by atoms with Crippen molar-refractivity contribution in [1.29, 1.82) is 0 Å². The first-order valence-electron chi connectivity index (χ1n) is 3.10. The molecule has 0 radical (unpaired) electrons. The highest BCUT2D eigenvalue weighted by molar-refractivity contribution is 5.14. The van der Waals surface area contributed by atoms with Crippen LogP contribution in [0.1, 0.15) is 27.2 Å². The molecule has 0 aliphatic heterocycles. The van der Waals surface area contributed by atoms with E-state index in [0.29, 0.717) is 0 Å². The molecule has 0 aromatic heterocycles. The maximum Gasteiger partial charge on any atom is -0.0376 e. The SMILES string of the molecule is C/C=C(/C)C=CCC. The van der Waals surface area contributed by atoms with Crippen molar-refractivity contribution < 1.29 is 0 Å². The molecule has 0 aromatic rings. The Morgan fingerprint density at radius 2 is 2.12 bits per heavy atom. The molecule has 0 heterocycles. The summed E-state index contributed by atoms with van der Waals surface area (Å²) in [6.07, 6.45) is 7.53. The Bertz CT molecular complexity index is 96.6. The molecule has 0 spiro atoms. The smallest absolute Gasteiger partial charge is 0.0376 e. The lowest BCUT2D eigenvalue weighted by molar-refractivity contribution is 1.22. The van der Waals surface area contributed by atoms with Crippen molar-refractivity contribution >= 4 is 0 Å². The first kappa shape index (κ1) is 7.48. The molecule has 0 aromatic carbocycles. The second kappa shape index (κ2) is 4.63. The normalized spacial score (nSPS) is 13.1. The maximum atomic E-state index is 2.16. The van der Waals surface area contributed by atoms with Gasteiger partial charge in [0, 0.05) is 0 Å². The molecule has 0 atom stereocenters. The highest BCUT2D eigenvalue weighted by atomic mass is 13.8. The van der Waals surface area contributed by atoms with Gasteiger partial charge in [0.1, 0.15) is 0 Å². The number of hydrogen-bond acceptors (Lipinski definition) is 0. The van der Waals surface area contributed by atoms with Gasteiger partial charge in [-0.3, -0.25) is 0 Å². The van der Waals surface area contributed by atoms with E-state index in [4.69, 9.17) is 0 Å². The number of rotatable bonds is 2. The molecule has 0 saturated carbocycles. The fraction of sp³-hybridized carbons (Fsp3) is 0.500. The fourth-order valence-corrected chi connectivity index (χ4v) is 0.400. The van der Waals surface area contributed by atoms with Crippen molar-refractivity contribution in [2.24, 2.45) is 0 Å². The van der Waals surface area contributed by atoms with Crippen LogP contribution in [0.4, 0.5) is 0 Å². The van der Waals surface area contributed by atoms with Crippen molar-refractivity contribution in [3.05, 3.63) is 23.8 Å². The lowest BCUT2D eigenvalue weighted by Crippen LogP contribution is -1.62. The highest BCUT2D eigenvalue weighted by Gasteiger charge is 1.72. The Hall–Kier alpha value is -0.520. The minimum atomic E-state index is 1.13. The molecule has 0 nitrogen and oxygen atoms in total. The van der Waals surface area contributed by atoms with Gasteiger partial charge in [-0.15, -0.1) is 0 Å². The van der Waals surface area contributed by atoms with Crippen molar-refractivity contribution in [3.8, 4) is 0 Å². The van der Waals surface area contributed by atoms with Gasteiger partial charge in [-0.1, -0.05) is 30.7 Å². The predicted molar refractivity (Wildman–Crippen MR) is 38.9 cm³/mol. The Morgan fingerprint density at radius 3 is 2.50 bits per heavy atom. The molecule has 46 valence electrons. The zero-order valence-corrected chi connectivity index (χ0v) is 5.94. The Kier molecular flexibility index (Phi) is 4.33. The molecule has 0 saturated heterocycles. The van der Waals surface area contributed by atoms with E-state index < -0.39 is 0 Å². The van der Waals surface area contributed by atoms with Gasteiger partial charge in [0.2, 0.25) is 0 Å². The average Bonchev–Trinajstić information content (AvgIpc) is 1.83. The van der Waals surface area contributed by atoms with E-state index in [1.54, 1.807) is 0 Å². The molecular weight excluding hydrogens is 96.1 g/mol. The van der Waals surface area contributed by atoms with Crippen LogP contribution in [0.15, 0.2) is 23.8 Å². The van der Waals surface area contributed by atoms with Gasteiger partial charge in [0.25, 0.3) is 0 Å². The maximum absolute atomic E-state index is 2.16. The van der Waals surface area contributed by atoms with E-state index >= 15 is 0 Å². The fourth-order valence-electron chi connectivity index (χ4n) is 0.400. The lowest BCUT2D eigenvalue weighted by Gasteiger charge is -1.84. The van der Waals surface area contributed by atoms with Crippen LogP contribution >= 0.6 is 0 Å². The largest absolute Gasteiger partial charge is 0.0847 e. The molecule has 0 fully saturated rings. The molecule has 0 amide bonds. The molecular formula is C8H14. The van der Waals surface area contributed by atoms with Gasteiger partial charge in [-0.25, -0.2) is 0 Å². The summed E-state index contributed by atoms with van der Waals surface area (Å²) in [6.45, 7) is 6.29. The van der Waals surface area contributed by atoms with Crippen molar-refractivity contribution in [1.82, 2.24) is 0 Å². The molecule has 0 aliphatic rings. The van der Waals surface area contributed by atoms with Gasteiger partial charge >= 0.3 is 0 Å². The molecule has 0 bridgehead atoms. The highest BCUT2D eigenvalue weighted by Crippen LogP contribution is 1.93. The van der Waals surface area contributed by atoms with Crippen LogP contribution in [0, 0.1) is 0 Å². The van der Waals surface area contributed by atoms with E-state index in [1.165, 1.54) is 5.57 Å². The topological polar surface area (TPSA) is 0 Å². The second-order valence-electron chi connectivity index (χ2n) is 1.84. The minimum Gasteiger partial charge on any atom is -0.0847 e. The number of allylic oxidation sites excluding steroid dienone is 4. The van der Waals surface area contributed by atoms with Crippen LogP contribution in [0.25, 0.3) is 0 Å². The molecule has 0 aliphatic carbocycles. The summed E-state index contributed by atoms with van der Waals surface area (Å²) in [6, 6.07) is 0. The first-order valence-corrected chi connectivity index (χ1v) is 3.10. The van der Waals surface area contributed by atoms with Gasteiger partial charge in [-0.2, -0.15) is 0 Å². The van der Waals surface area contributed by atoms with E-state index in [9.17, 15) is 0 Å². The summed E-state index contributed by atoms with van der Waals surface area (Å²) < 4.78 is 0. The van der Waals surface area contributed by atoms with Crippen LogP contribution in [0.5, 0.6) is 0 Å². The summed E-state index contributed by atoms with van der Waals surface area (Å²) in [5, 5.41) is 0. The molecule has 0 N–H and O–H groups in total. The third kappa shape index (κ3) is 3.66. The van der Waals surface area contributed by atoms with E-state index in [0.717, 1.165) is 6.42 Å². The summed E-state index contributed by atoms with van der Waals surface area (Å²) in [5.41, 5.74) is 1.34. The standard InChI is InChI=1S/C8H14/c1-4-6-7-8(3)5-2/h5-7H,4H2,1-3H3/b7-6?,8-5-. The van der Waals surface area contributed by atoms with Crippen LogP contribution in [-0.4, -0.2) is 0 Å². The molecule has 0 unspecified atom stereocenters. The van der Waals surface area contributed by atoms with E-state index in [2.05, 4.69) is 39.0 Å².